The number of carbonyl (C=O) groups excluding carboxylic acids is 2. The number of nitrogens with zero attached hydrogens (tertiary/aromatic N) is 2. The molecule has 0 aromatic heterocycles. The minimum absolute atomic E-state index is 0.170. The number of rotatable bonds is 1. The lowest BCUT2D eigenvalue weighted by Crippen LogP contribution is -2.53. The molecule has 0 radical (unpaired) electrons. The maximum absolute atomic E-state index is 11.8. The molecule has 6 heteroatoms. The number of piperazine rings is 1. The molecule has 1 N–H and O–H groups in total. The van der Waals surface area contributed by atoms with Gasteiger partial charge in [0.2, 0.25) is 0 Å². The number of amides is 3. The summed E-state index contributed by atoms with van der Waals surface area (Å²) in [5.74, 6) is 0. The van der Waals surface area contributed by atoms with E-state index in [4.69, 9.17) is 4.74 Å². The number of carbonyl (C=O) groups is 2. The average molecular weight is 269 g/mol. The lowest BCUT2D eigenvalue weighted by molar-refractivity contribution is 0.0170. The number of allylic oxidation sites excluding steroid dienone is 1. The average Bonchev–Trinajstić information content (AvgIpc) is 2.26. The molecule has 1 heterocycles. The van der Waals surface area contributed by atoms with E-state index in [-0.39, 0.29) is 12.1 Å². The van der Waals surface area contributed by atoms with Crippen molar-refractivity contribution in [1.29, 1.82) is 0 Å². The highest BCUT2D eigenvalue weighted by molar-refractivity contribution is 5.76. The highest BCUT2D eigenvalue weighted by atomic mass is 16.6. The van der Waals surface area contributed by atoms with E-state index < -0.39 is 5.60 Å². The van der Waals surface area contributed by atoms with Gasteiger partial charge in [0, 0.05) is 31.9 Å². The molecular weight excluding hydrogens is 246 g/mol. The molecule has 0 bridgehead atoms. The van der Waals surface area contributed by atoms with E-state index >= 15 is 0 Å². The lowest BCUT2D eigenvalue weighted by atomic mass is 10.2. The fourth-order valence-electron chi connectivity index (χ4n) is 1.68. The second kappa shape index (κ2) is 5.95. The van der Waals surface area contributed by atoms with Crippen LogP contribution in [0, 0.1) is 0 Å². The monoisotopic (exact) mass is 269 g/mol. The highest BCUT2D eigenvalue weighted by Gasteiger charge is 2.27. The van der Waals surface area contributed by atoms with Gasteiger partial charge in [-0.15, -0.1) is 0 Å². The van der Waals surface area contributed by atoms with Crippen LogP contribution in [0.25, 0.3) is 0 Å². The van der Waals surface area contributed by atoms with Crippen molar-refractivity contribution in [3.63, 3.8) is 0 Å². The van der Waals surface area contributed by atoms with Crippen LogP contribution < -0.4 is 5.32 Å². The van der Waals surface area contributed by atoms with Crippen LogP contribution in [0.4, 0.5) is 9.59 Å². The van der Waals surface area contributed by atoms with E-state index in [0.29, 0.717) is 31.9 Å². The van der Waals surface area contributed by atoms with Crippen LogP contribution in [-0.2, 0) is 4.74 Å². The molecule has 6 nitrogen and oxygen atoms in total. The molecule has 0 saturated carbocycles. The first-order chi connectivity index (χ1) is 8.69. The van der Waals surface area contributed by atoms with Gasteiger partial charge in [-0.2, -0.15) is 0 Å². The zero-order valence-electron chi connectivity index (χ0n) is 12.2. The molecule has 0 aromatic rings. The molecule has 1 aliphatic rings. The number of hydrogen-bond acceptors (Lipinski definition) is 3. The third-order valence-corrected chi connectivity index (χ3v) is 2.54. The van der Waals surface area contributed by atoms with E-state index in [2.05, 4.69) is 11.9 Å². The number of nitrogens with one attached hydrogen (secondary N) is 1. The standard InChI is InChI=1S/C13H23N3O3/c1-10(2)14-11(17)15-6-8-16(9-7-15)12(18)19-13(3,4)5/h1,6-9H2,2-5H3,(H,14,17). The maximum atomic E-state index is 11.8. The quantitative estimate of drug-likeness (QED) is 0.789. The number of hydrogen-bond donors (Lipinski definition) is 1. The van der Waals surface area contributed by atoms with Crippen LogP contribution in [0.2, 0.25) is 0 Å². The minimum atomic E-state index is -0.494. The molecular formula is C13H23N3O3. The summed E-state index contributed by atoms with van der Waals surface area (Å²) in [7, 11) is 0. The molecule has 108 valence electrons. The second-order valence-electron chi connectivity index (χ2n) is 5.66. The molecule has 0 atom stereocenters. The Morgan fingerprint density at radius 2 is 1.58 bits per heavy atom. The van der Waals surface area contributed by atoms with E-state index in [0.717, 1.165) is 0 Å². The third kappa shape index (κ3) is 5.19. The predicted molar refractivity (Wildman–Crippen MR) is 72.7 cm³/mol. The van der Waals surface area contributed by atoms with Gasteiger partial charge in [-0.05, 0) is 27.7 Å². The van der Waals surface area contributed by atoms with Crippen molar-refractivity contribution >= 4 is 12.1 Å². The lowest BCUT2D eigenvalue weighted by Gasteiger charge is -2.35. The molecule has 0 aromatic carbocycles. The molecule has 19 heavy (non-hydrogen) atoms. The Kier molecular flexibility index (Phi) is 4.80. The molecule has 1 fully saturated rings. The molecule has 0 aliphatic carbocycles. The first kappa shape index (κ1) is 15.3. The summed E-state index contributed by atoms with van der Waals surface area (Å²) in [6.07, 6.45) is -0.326. The summed E-state index contributed by atoms with van der Waals surface area (Å²) in [5.41, 5.74) is 0.116. The van der Waals surface area contributed by atoms with Gasteiger partial charge in [0.25, 0.3) is 0 Å². The van der Waals surface area contributed by atoms with Crippen molar-refractivity contribution in [2.45, 2.75) is 33.3 Å². The van der Waals surface area contributed by atoms with E-state index in [9.17, 15) is 9.59 Å². The fraction of sp³-hybridized carbons (Fsp3) is 0.692. The third-order valence-electron chi connectivity index (χ3n) is 2.54. The zero-order chi connectivity index (χ0) is 14.6. The summed E-state index contributed by atoms with van der Waals surface area (Å²) in [4.78, 5) is 26.9. The molecule has 1 aliphatic heterocycles. The molecule has 1 saturated heterocycles. The van der Waals surface area contributed by atoms with Crippen LogP contribution in [0.3, 0.4) is 0 Å². The summed E-state index contributed by atoms with van der Waals surface area (Å²) in [6, 6.07) is -0.170. The summed E-state index contributed by atoms with van der Waals surface area (Å²) in [6.45, 7) is 12.8. The largest absolute Gasteiger partial charge is 0.444 e. The Morgan fingerprint density at radius 1 is 1.11 bits per heavy atom. The highest BCUT2D eigenvalue weighted by Crippen LogP contribution is 2.11. The van der Waals surface area contributed by atoms with Gasteiger partial charge >= 0.3 is 12.1 Å². The van der Waals surface area contributed by atoms with Crippen LogP contribution >= 0.6 is 0 Å². The van der Waals surface area contributed by atoms with Crippen molar-refractivity contribution in [2.75, 3.05) is 26.2 Å². The normalized spacial score (nSPS) is 16.0. The van der Waals surface area contributed by atoms with Gasteiger partial charge in [-0.3, -0.25) is 0 Å². The topological polar surface area (TPSA) is 61.9 Å². The van der Waals surface area contributed by atoms with Gasteiger partial charge in [-0.1, -0.05) is 6.58 Å². The van der Waals surface area contributed by atoms with Crippen LogP contribution in [0.1, 0.15) is 27.7 Å². The van der Waals surface area contributed by atoms with Crippen molar-refractivity contribution in [3.05, 3.63) is 12.3 Å². The number of ether oxygens (including phenoxy) is 1. The Bertz CT molecular complexity index is 366. The van der Waals surface area contributed by atoms with Crippen molar-refractivity contribution < 1.29 is 14.3 Å². The minimum Gasteiger partial charge on any atom is -0.444 e. The molecule has 0 unspecified atom stereocenters. The maximum Gasteiger partial charge on any atom is 0.410 e. The Labute approximate surface area is 114 Å². The Balaban J connectivity index is 2.42. The number of urea groups is 1. The van der Waals surface area contributed by atoms with Gasteiger partial charge in [0.15, 0.2) is 0 Å². The van der Waals surface area contributed by atoms with E-state index in [1.165, 1.54) is 0 Å². The van der Waals surface area contributed by atoms with Crippen molar-refractivity contribution in [2.24, 2.45) is 0 Å². The van der Waals surface area contributed by atoms with E-state index in [1.807, 2.05) is 20.8 Å². The summed E-state index contributed by atoms with van der Waals surface area (Å²) in [5, 5.41) is 2.65. The first-order valence-electron chi connectivity index (χ1n) is 6.38. The van der Waals surface area contributed by atoms with Crippen LogP contribution in [0.5, 0.6) is 0 Å². The first-order valence-corrected chi connectivity index (χ1v) is 6.38. The van der Waals surface area contributed by atoms with Crippen LogP contribution in [-0.4, -0.2) is 53.7 Å². The van der Waals surface area contributed by atoms with Gasteiger partial charge < -0.3 is 19.9 Å². The smallest absolute Gasteiger partial charge is 0.410 e. The van der Waals surface area contributed by atoms with E-state index in [1.54, 1.807) is 16.7 Å². The second-order valence-corrected chi connectivity index (χ2v) is 5.66. The van der Waals surface area contributed by atoms with Gasteiger partial charge in [-0.25, -0.2) is 9.59 Å². The Hall–Kier alpha value is -1.72. The zero-order valence-corrected chi connectivity index (χ0v) is 12.2. The summed E-state index contributed by atoms with van der Waals surface area (Å²) >= 11 is 0. The SMILES string of the molecule is C=C(C)NC(=O)N1CCN(C(=O)OC(C)(C)C)CC1. The Morgan fingerprint density at radius 3 is 2.00 bits per heavy atom. The predicted octanol–water partition coefficient (Wildman–Crippen LogP) is 1.78. The molecule has 0 spiro atoms. The van der Waals surface area contributed by atoms with Gasteiger partial charge in [0.1, 0.15) is 5.60 Å². The van der Waals surface area contributed by atoms with Gasteiger partial charge in [0.05, 0.1) is 0 Å². The van der Waals surface area contributed by atoms with Crippen LogP contribution in [0.15, 0.2) is 12.3 Å². The molecule has 1 rings (SSSR count). The fourth-order valence-corrected chi connectivity index (χ4v) is 1.68. The van der Waals surface area contributed by atoms with Crippen molar-refractivity contribution in [3.8, 4) is 0 Å². The molecule has 3 amide bonds. The summed E-state index contributed by atoms with van der Waals surface area (Å²) < 4.78 is 5.29. The van der Waals surface area contributed by atoms with Crippen molar-refractivity contribution in [1.82, 2.24) is 15.1 Å².